The Morgan fingerprint density at radius 3 is 2.73 bits per heavy atom. The van der Waals surface area contributed by atoms with Crippen LogP contribution in [0.2, 0.25) is 0 Å². The van der Waals surface area contributed by atoms with Crippen molar-refractivity contribution in [3.63, 3.8) is 0 Å². The molecule has 1 atom stereocenters. The molecule has 2 aliphatic carbocycles. The minimum atomic E-state index is 0.765. The summed E-state index contributed by atoms with van der Waals surface area (Å²) in [6, 6.07) is 0. The number of nitrogens with zero attached hydrogens (tertiary/aromatic N) is 2. The Hall–Kier alpha value is -0.380. The van der Waals surface area contributed by atoms with E-state index in [1.54, 1.807) is 0 Å². The molecule has 3 nitrogen and oxygen atoms in total. The van der Waals surface area contributed by atoms with Crippen molar-refractivity contribution in [1.29, 1.82) is 0 Å². The Labute approximate surface area is 95.5 Å². The van der Waals surface area contributed by atoms with E-state index < -0.39 is 0 Å². The van der Waals surface area contributed by atoms with Gasteiger partial charge < -0.3 is 10.6 Å². The number of nitrogens with two attached hydrogens (primary N) is 1. The highest BCUT2D eigenvalue weighted by atomic mass is 32.2. The highest BCUT2D eigenvalue weighted by molar-refractivity contribution is 7.99. The predicted octanol–water partition coefficient (Wildman–Crippen LogP) is 1.15. The predicted molar refractivity (Wildman–Crippen MR) is 65.2 cm³/mol. The van der Waals surface area contributed by atoms with Crippen molar-refractivity contribution in [2.45, 2.75) is 19.3 Å². The molecule has 0 aromatic rings. The second-order valence-electron chi connectivity index (χ2n) is 5.06. The van der Waals surface area contributed by atoms with Crippen LogP contribution in [0.1, 0.15) is 19.3 Å². The average molecular weight is 225 g/mol. The Morgan fingerprint density at radius 1 is 1.40 bits per heavy atom. The number of aliphatic imine (C=N–C) groups is 1. The fourth-order valence-corrected chi connectivity index (χ4v) is 3.46. The zero-order chi connectivity index (χ0) is 10.3. The second kappa shape index (κ2) is 3.58. The van der Waals surface area contributed by atoms with Crippen LogP contribution in [-0.4, -0.2) is 42.0 Å². The monoisotopic (exact) mass is 225 g/mol. The summed E-state index contributed by atoms with van der Waals surface area (Å²) in [5.41, 5.74) is 6.77. The van der Waals surface area contributed by atoms with Crippen LogP contribution in [0.3, 0.4) is 0 Å². The van der Waals surface area contributed by atoms with Gasteiger partial charge in [-0.1, -0.05) is 0 Å². The molecule has 1 spiro atoms. The van der Waals surface area contributed by atoms with Crippen molar-refractivity contribution >= 4 is 17.7 Å². The van der Waals surface area contributed by atoms with Crippen molar-refractivity contribution in [2.24, 2.45) is 22.1 Å². The first-order valence-electron chi connectivity index (χ1n) is 5.93. The highest BCUT2D eigenvalue weighted by Crippen LogP contribution is 2.70. The third-order valence-corrected chi connectivity index (χ3v) is 5.00. The first kappa shape index (κ1) is 9.82. The van der Waals surface area contributed by atoms with Crippen LogP contribution in [0.25, 0.3) is 0 Å². The van der Waals surface area contributed by atoms with Crippen LogP contribution in [0.4, 0.5) is 0 Å². The molecule has 0 aromatic carbocycles. The summed E-state index contributed by atoms with van der Waals surface area (Å²) in [6.45, 7) is 3.14. The third kappa shape index (κ3) is 1.96. The van der Waals surface area contributed by atoms with Gasteiger partial charge in [-0.15, -0.1) is 0 Å². The lowest BCUT2D eigenvalue weighted by atomic mass is 10.3. The van der Waals surface area contributed by atoms with E-state index >= 15 is 0 Å². The molecule has 2 N–H and O–H groups in total. The summed E-state index contributed by atoms with van der Waals surface area (Å²) < 4.78 is 0. The molecule has 4 heteroatoms. The molecule has 3 aliphatic rings. The van der Waals surface area contributed by atoms with Gasteiger partial charge >= 0.3 is 0 Å². The van der Waals surface area contributed by atoms with Crippen molar-refractivity contribution in [2.75, 3.05) is 31.1 Å². The SMILES string of the molecule is NC(=NCC1CC12CC2)N1CCSCC1. The summed E-state index contributed by atoms with van der Waals surface area (Å²) in [5, 5.41) is 0. The van der Waals surface area contributed by atoms with E-state index in [-0.39, 0.29) is 0 Å². The van der Waals surface area contributed by atoms with Gasteiger partial charge in [-0.3, -0.25) is 4.99 Å². The summed E-state index contributed by atoms with van der Waals surface area (Å²) in [6.07, 6.45) is 4.32. The lowest BCUT2D eigenvalue weighted by Gasteiger charge is -2.27. The third-order valence-electron chi connectivity index (χ3n) is 4.06. The van der Waals surface area contributed by atoms with Gasteiger partial charge in [0.05, 0.1) is 0 Å². The highest BCUT2D eigenvalue weighted by Gasteiger charge is 2.62. The molecular formula is C11H19N3S. The minimum absolute atomic E-state index is 0.765. The molecule has 3 fully saturated rings. The molecule has 0 bridgehead atoms. The minimum Gasteiger partial charge on any atom is -0.370 e. The number of thioether (sulfide) groups is 1. The molecule has 1 aliphatic heterocycles. The molecule has 1 heterocycles. The van der Waals surface area contributed by atoms with Crippen molar-refractivity contribution in [1.82, 2.24) is 4.90 Å². The maximum atomic E-state index is 6.00. The molecule has 84 valence electrons. The molecule has 1 unspecified atom stereocenters. The maximum absolute atomic E-state index is 6.00. The van der Waals surface area contributed by atoms with E-state index in [2.05, 4.69) is 9.89 Å². The first-order chi connectivity index (χ1) is 7.30. The van der Waals surface area contributed by atoms with Crippen molar-refractivity contribution in [3.05, 3.63) is 0 Å². The largest absolute Gasteiger partial charge is 0.370 e. The smallest absolute Gasteiger partial charge is 0.191 e. The Morgan fingerprint density at radius 2 is 2.13 bits per heavy atom. The number of rotatable bonds is 2. The summed E-state index contributed by atoms with van der Waals surface area (Å²) >= 11 is 2.01. The van der Waals surface area contributed by atoms with E-state index in [9.17, 15) is 0 Å². The van der Waals surface area contributed by atoms with Gasteiger partial charge in [0.2, 0.25) is 0 Å². The van der Waals surface area contributed by atoms with Gasteiger partial charge in [0.15, 0.2) is 5.96 Å². The molecule has 0 amide bonds. The topological polar surface area (TPSA) is 41.6 Å². The zero-order valence-electron chi connectivity index (χ0n) is 9.11. The van der Waals surface area contributed by atoms with Crippen LogP contribution in [-0.2, 0) is 0 Å². The maximum Gasteiger partial charge on any atom is 0.191 e. The van der Waals surface area contributed by atoms with Gasteiger partial charge in [0.1, 0.15) is 0 Å². The zero-order valence-corrected chi connectivity index (χ0v) is 9.93. The van der Waals surface area contributed by atoms with E-state index in [4.69, 9.17) is 5.73 Å². The number of hydrogen-bond acceptors (Lipinski definition) is 2. The summed E-state index contributed by atoms with van der Waals surface area (Å²) in [7, 11) is 0. The fourth-order valence-electron chi connectivity index (χ4n) is 2.56. The van der Waals surface area contributed by atoms with Gasteiger partial charge in [0.25, 0.3) is 0 Å². The molecule has 15 heavy (non-hydrogen) atoms. The average Bonchev–Trinajstić information content (AvgIpc) is 3.19. The lowest BCUT2D eigenvalue weighted by Crippen LogP contribution is -2.42. The molecule has 0 aromatic heterocycles. The normalized spacial score (nSPS) is 33.2. The molecule has 0 radical (unpaired) electrons. The van der Waals surface area contributed by atoms with E-state index in [1.165, 1.54) is 30.8 Å². The van der Waals surface area contributed by atoms with Crippen LogP contribution in [0.15, 0.2) is 4.99 Å². The van der Waals surface area contributed by atoms with Crippen molar-refractivity contribution < 1.29 is 0 Å². The number of hydrogen-bond donors (Lipinski definition) is 1. The van der Waals surface area contributed by atoms with Crippen LogP contribution in [0, 0.1) is 11.3 Å². The van der Waals surface area contributed by atoms with Gasteiger partial charge in [0, 0.05) is 31.1 Å². The molecule has 3 rings (SSSR count). The van der Waals surface area contributed by atoms with Crippen LogP contribution < -0.4 is 5.73 Å². The first-order valence-corrected chi connectivity index (χ1v) is 7.08. The van der Waals surface area contributed by atoms with Gasteiger partial charge in [-0.2, -0.15) is 11.8 Å². The van der Waals surface area contributed by atoms with E-state index in [0.717, 1.165) is 36.9 Å². The van der Waals surface area contributed by atoms with E-state index in [1.807, 2.05) is 11.8 Å². The quantitative estimate of drug-likeness (QED) is 0.566. The number of guanidine groups is 1. The van der Waals surface area contributed by atoms with Gasteiger partial charge in [-0.05, 0) is 30.6 Å². The molecule has 2 saturated carbocycles. The molecular weight excluding hydrogens is 206 g/mol. The summed E-state index contributed by atoms with van der Waals surface area (Å²) in [5.74, 6) is 4.06. The summed E-state index contributed by atoms with van der Waals surface area (Å²) in [4.78, 5) is 6.79. The van der Waals surface area contributed by atoms with Gasteiger partial charge in [-0.25, -0.2) is 0 Å². The lowest BCUT2D eigenvalue weighted by molar-refractivity contribution is 0.455. The molecule has 1 saturated heterocycles. The fraction of sp³-hybridized carbons (Fsp3) is 0.909. The Kier molecular flexibility index (Phi) is 2.34. The van der Waals surface area contributed by atoms with Crippen LogP contribution in [0.5, 0.6) is 0 Å². The van der Waals surface area contributed by atoms with E-state index in [0.29, 0.717) is 0 Å². The Bertz CT molecular complexity index is 280. The Balaban J connectivity index is 1.49. The van der Waals surface area contributed by atoms with Crippen LogP contribution >= 0.6 is 11.8 Å². The van der Waals surface area contributed by atoms with Crippen molar-refractivity contribution in [3.8, 4) is 0 Å². The second-order valence-corrected chi connectivity index (χ2v) is 6.29. The standard InChI is InChI=1S/C11H19N3S/c12-10(14-3-5-15-6-4-14)13-8-9-7-11(9)1-2-11/h9H,1-8H2,(H2,12,13).